The van der Waals surface area contributed by atoms with E-state index >= 15 is 0 Å². The van der Waals surface area contributed by atoms with Gasteiger partial charge in [0.1, 0.15) is 11.9 Å². The molecule has 106 valence electrons. The Morgan fingerprint density at radius 1 is 1.11 bits per heavy atom. The Labute approximate surface area is 115 Å². The van der Waals surface area contributed by atoms with Crippen LogP contribution < -0.4 is 4.74 Å². The van der Waals surface area contributed by atoms with Crippen LogP contribution >= 0.6 is 0 Å². The molecule has 1 unspecified atom stereocenters. The molecule has 0 aliphatic carbocycles. The highest BCUT2D eigenvalue weighted by molar-refractivity contribution is 6.00. The maximum absolute atomic E-state index is 12.4. The second-order valence-electron chi connectivity index (χ2n) is 6.04. The summed E-state index contributed by atoms with van der Waals surface area (Å²) in [7, 11) is 1.57. The molecule has 3 nitrogen and oxygen atoms in total. The number of hydrogen-bond acceptors (Lipinski definition) is 3. The van der Waals surface area contributed by atoms with Crippen molar-refractivity contribution in [3.63, 3.8) is 0 Å². The van der Waals surface area contributed by atoms with Gasteiger partial charge in [-0.2, -0.15) is 0 Å². The van der Waals surface area contributed by atoms with Gasteiger partial charge < -0.3 is 9.47 Å². The quantitative estimate of drug-likeness (QED) is 0.760. The van der Waals surface area contributed by atoms with Crippen molar-refractivity contribution in [2.24, 2.45) is 5.41 Å². The number of hydrogen-bond donors (Lipinski definition) is 0. The second kappa shape index (κ2) is 6.20. The summed E-state index contributed by atoms with van der Waals surface area (Å²) in [4.78, 5) is 12.4. The van der Waals surface area contributed by atoms with Crippen molar-refractivity contribution in [3.8, 4) is 5.75 Å². The predicted molar refractivity (Wildman–Crippen MR) is 76.8 cm³/mol. The van der Waals surface area contributed by atoms with E-state index < -0.39 is 6.10 Å². The van der Waals surface area contributed by atoms with Crippen LogP contribution in [-0.4, -0.2) is 25.1 Å². The van der Waals surface area contributed by atoms with Crippen molar-refractivity contribution in [2.75, 3.05) is 7.11 Å². The first-order valence-electron chi connectivity index (χ1n) is 6.59. The highest BCUT2D eigenvalue weighted by Crippen LogP contribution is 2.25. The number of methoxy groups -OCH3 is 1. The average Bonchev–Trinajstić information content (AvgIpc) is 2.28. The molecule has 3 heteroatoms. The first-order chi connectivity index (χ1) is 8.75. The van der Waals surface area contributed by atoms with Crippen LogP contribution in [0, 0.1) is 5.41 Å². The van der Waals surface area contributed by atoms with Crippen LogP contribution in [-0.2, 0) is 4.74 Å². The Hall–Kier alpha value is -1.35. The summed E-state index contributed by atoms with van der Waals surface area (Å²) in [6, 6.07) is 7.22. The number of carbonyl (C=O) groups is 1. The van der Waals surface area contributed by atoms with E-state index in [1.54, 1.807) is 19.2 Å². The largest absolute Gasteiger partial charge is 0.491 e. The molecule has 19 heavy (non-hydrogen) atoms. The highest BCUT2D eigenvalue weighted by Gasteiger charge is 2.31. The van der Waals surface area contributed by atoms with Crippen molar-refractivity contribution in [1.29, 1.82) is 0 Å². The van der Waals surface area contributed by atoms with Crippen LogP contribution in [0.1, 0.15) is 45.0 Å². The standard InChI is InChI=1S/C16H24O3/c1-11(2)19-13-9-7-12(8-10-13)14(17)15(18-6)16(3,4)5/h7-11,15H,1-6H3. The molecule has 0 aromatic heterocycles. The van der Waals surface area contributed by atoms with E-state index in [4.69, 9.17) is 9.47 Å². The van der Waals surface area contributed by atoms with Gasteiger partial charge in [0.2, 0.25) is 0 Å². The smallest absolute Gasteiger partial charge is 0.192 e. The van der Waals surface area contributed by atoms with Gasteiger partial charge in [-0.1, -0.05) is 20.8 Å². The Bertz CT molecular complexity index is 413. The number of benzene rings is 1. The van der Waals surface area contributed by atoms with Crippen LogP contribution in [0.25, 0.3) is 0 Å². The zero-order valence-corrected chi connectivity index (χ0v) is 12.7. The highest BCUT2D eigenvalue weighted by atomic mass is 16.5. The Morgan fingerprint density at radius 3 is 2.00 bits per heavy atom. The molecule has 0 radical (unpaired) electrons. The molecule has 0 amide bonds. The average molecular weight is 264 g/mol. The Kier molecular flexibility index (Phi) is 5.12. The van der Waals surface area contributed by atoms with E-state index in [-0.39, 0.29) is 17.3 Å². The van der Waals surface area contributed by atoms with Gasteiger partial charge in [0, 0.05) is 12.7 Å². The van der Waals surface area contributed by atoms with E-state index in [9.17, 15) is 4.79 Å². The third-order valence-electron chi connectivity index (χ3n) is 2.77. The number of ether oxygens (including phenoxy) is 2. The second-order valence-corrected chi connectivity index (χ2v) is 6.04. The molecule has 0 heterocycles. The number of Topliss-reactive ketones (excluding diaryl/α,β-unsaturated/α-hetero) is 1. The monoisotopic (exact) mass is 264 g/mol. The number of carbonyl (C=O) groups excluding carboxylic acids is 1. The molecule has 0 spiro atoms. The van der Waals surface area contributed by atoms with Crippen molar-refractivity contribution < 1.29 is 14.3 Å². The fourth-order valence-electron chi connectivity index (χ4n) is 1.98. The minimum atomic E-state index is -0.440. The first kappa shape index (κ1) is 15.7. The molecule has 0 aliphatic heterocycles. The van der Waals surface area contributed by atoms with E-state index in [0.717, 1.165) is 5.75 Å². The third kappa shape index (κ3) is 4.35. The van der Waals surface area contributed by atoms with Gasteiger partial charge in [-0.3, -0.25) is 4.79 Å². The summed E-state index contributed by atoms with van der Waals surface area (Å²) in [5.41, 5.74) is 0.428. The first-order valence-corrected chi connectivity index (χ1v) is 6.59. The molecule has 1 rings (SSSR count). The van der Waals surface area contributed by atoms with Gasteiger partial charge in [0.15, 0.2) is 5.78 Å². The number of rotatable bonds is 5. The summed E-state index contributed by atoms with van der Waals surface area (Å²) >= 11 is 0. The molecule has 0 saturated heterocycles. The molecule has 1 aromatic carbocycles. The van der Waals surface area contributed by atoms with E-state index in [2.05, 4.69) is 0 Å². The molecular formula is C16H24O3. The van der Waals surface area contributed by atoms with Gasteiger partial charge in [0.25, 0.3) is 0 Å². The van der Waals surface area contributed by atoms with Crippen molar-refractivity contribution in [1.82, 2.24) is 0 Å². The molecule has 0 fully saturated rings. The lowest BCUT2D eigenvalue weighted by molar-refractivity contribution is 0.0196. The summed E-state index contributed by atoms with van der Waals surface area (Å²) in [6.45, 7) is 9.93. The molecular weight excluding hydrogens is 240 g/mol. The zero-order valence-electron chi connectivity index (χ0n) is 12.7. The van der Waals surface area contributed by atoms with Crippen LogP contribution in [0.4, 0.5) is 0 Å². The Balaban J connectivity index is 2.88. The summed E-state index contributed by atoms with van der Waals surface area (Å²) in [5.74, 6) is 0.780. The normalized spacial score (nSPS) is 13.4. The van der Waals surface area contributed by atoms with Crippen molar-refractivity contribution in [3.05, 3.63) is 29.8 Å². The number of ketones is 1. The lowest BCUT2D eigenvalue weighted by Crippen LogP contribution is -2.36. The lowest BCUT2D eigenvalue weighted by atomic mass is 9.84. The molecule has 0 bridgehead atoms. The van der Waals surface area contributed by atoms with E-state index in [1.165, 1.54) is 0 Å². The molecule has 0 saturated carbocycles. The fraction of sp³-hybridized carbons (Fsp3) is 0.562. The van der Waals surface area contributed by atoms with Gasteiger partial charge in [-0.15, -0.1) is 0 Å². The SMILES string of the molecule is COC(C(=O)c1ccc(OC(C)C)cc1)C(C)(C)C. The van der Waals surface area contributed by atoms with Gasteiger partial charge in [-0.25, -0.2) is 0 Å². The topological polar surface area (TPSA) is 35.5 Å². The van der Waals surface area contributed by atoms with Crippen LogP contribution in [0.15, 0.2) is 24.3 Å². The molecule has 1 atom stereocenters. The molecule has 1 aromatic rings. The third-order valence-corrected chi connectivity index (χ3v) is 2.77. The molecule has 0 aliphatic rings. The van der Waals surface area contributed by atoms with Crippen LogP contribution in [0.2, 0.25) is 0 Å². The summed E-state index contributed by atoms with van der Waals surface area (Å²) < 4.78 is 10.9. The maximum atomic E-state index is 12.4. The maximum Gasteiger partial charge on any atom is 0.192 e. The fourth-order valence-corrected chi connectivity index (χ4v) is 1.98. The van der Waals surface area contributed by atoms with Crippen LogP contribution in [0.3, 0.4) is 0 Å². The van der Waals surface area contributed by atoms with Crippen molar-refractivity contribution in [2.45, 2.75) is 46.8 Å². The van der Waals surface area contributed by atoms with E-state index in [0.29, 0.717) is 5.56 Å². The van der Waals surface area contributed by atoms with Crippen molar-refractivity contribution >= 4 is 5.78 Å². The summed E-state index contributed by atoms with van der Waals surface area (Å²) in [6.07, 6.45) is -0.313. The van der Waals surface area contributed by atoms with Crippen LogP contribution in [0.5, 0.6) is 5.75 Å². The summed E-state index contributed by atoms with van der Waals surface area (Å²) in [5, 5.41) is 0. The van der Waals surface area contributed by atoms with Gasteiger partial charge >= 0.3 is 0 Å². The van der Waals surface area contributed by atoms with Gasteiger partial charge in [-0.05, 0) is 43.5 Å². The van der Waals surface area contributed by atoms with E-state index in [1.807, 2.05) is 46.8 Å². The predicted octanol–water partition coefficient (Wildman–Crippen LogP) is 3.72. The lowest BCUT2D eigenvalue weighted by Gasteiger charge is -2.28. The zero-order chi connectivity index (χ0) is 14.6. The molecule has 0 N–H and O–H groups in total. The van der Waals surface area contributed by atoms with Gasteiger partial charge in [0.05, 0.1) is 6.10 Å². The Morgan fingerprint density at radius 2 is 1.63 bits per heavy atom. The minimum Gasteiger partial charge on any atom is -0.491 e. The minimum absolute atomic E-state index is 0.00565.